The fourth-order valence-electron chi connectivity index (χ4n) is 2.96. The molecule has 2 N–H and O–H groups in total. The van der Waals surface area contributed by atoms with Gasteiger partial charge in [0.15, 0.2) is 5.82 Å². The Morgan fingerprint density at radius 2 is 2.00 bits per heavy atom. The van der Waals surface area contributed by atoms with Crippen LogP contribution in [0.2, 0.25) is 5.02 Å². The standard InChI is InChI=1S/C16H22ClN5O/c1-12(13-4-2-3-5-14(13)17)22-8-6-21(7-9-22)11-15-19-16(10-18)23-20-15/h2-5,12H,6-11,18H2,1H3. The van der Waals surface area contributed by atoms with E-state index >= 15 is 0 Å². The summed E-state index contributed by atoms with van der Waals surface area (Å²) in [5.41, 5.74) is 6.68. The monoisotopic (exact) mass is 335 g/mol. The Bertz CT molecular complexity index is 639. The number of aromatic nitrogens is 2. The largest absolute Gasteiger partial charge is 0.338 e. The van der Waals surface area contributed by atoms with Gasteiger partial charge in [-0.1, -0.05) is 35.0 Å². The predicted molar refractivity (Wildman–Crippen MR) is 88.9 cm³/mol. The van der Waals surface area contributed by atoms with Crippen LogP contribution >= 0.6 is 11.6 Å². The Balaban J connectivity index is 1.55. The number of piperazine rings is 1. The minimum Gasteiger partial charge on any atom is -0.338 e. The summed E-state index contributed by atoms with van der Waals surface area (Å²) < 4.78 is 5.05. The summed E-state index contributed by atoms with van der Waals surface area (Å²) in [5, 5.41) is 4.79. The molecule has 23 heavy (non-hydrogen) atoms. The van der Waals surface area contributed by atoms with Crippen LogP contribution in [0.15, 0.2) is 28.8 Å². The van der Waals surface area contributed by atoms with Crippen molar-refractivity contribution >= 4 is 11.6 Å². The third-order valence-electron chi connectivity index (χ3n) is 4.36. The van der Waals surface area contributed by atoms with Crippen LogP contribution in [0.25, 0.3) is 0 Å². The lowest BCUT2D eigenvalue weighted by molar-refractivity contribution is 0.0957. The first-order chi connectivity index (χ1) is 11.2. The van der Waals surface area contributed by atoms with Crippen molar-refractivity contribution in [2.24, 2.45) is 5.73 Å². The summed E-state index contributed by atoms with van der Waals surface area (Å²) >= 11 is 6.32. The number of rotatable bonds is 5. The number of benzene rings is 1. The van der Waals surface area contributed by atoms with Crippen molar-refractivity contribution in [3.8, 4) is 0 Å². The van der Waals surface area contributed by atoms with Gasteiger partial charge in [0.25, 0.3) is 0 Å². The molecule has 1 saturated heterocycles. The molecule has 1 fully saturated rings. The molecule has 1 aliphatic rings. The zero-order chi connectivity index (χ0) is 16.2. The lowest BCUT2D eigenvalue weighted by atomic mass is 10.1. The highest BCUT2D eigenvalue weighted by Gasteiger charge is 2.24. The van der Waals surface area contributed by atoms with Crippen molar-refractivity contribution in [2.45, 2.75) is 26.1 Å². The minimum atomic E-state index is 0.288. The number of nitrogens with two attached hydrogens (primary N) is 1. The second-order valence-corrected chi connectivity index (χ2v) is 6.23. The normalized spacial score (nSPS) is 18.2. The fourth-order valence-corrected chi connectivity index (χ4v) is 3.25. The summed E-state index contributed by atoms with van der Waals surface area (Å²) in [5.74, 6) is 1.20. The van der Waals surface area contributed by atoms with Crippen LogP contribution in [0.4, 0.5) is 0 Å². The van der Waals surface area contributed by atoms with Crippen LogP contribution < -0.4 is 5.73 Å². The van der Waals surface area contributed by atoms with Crippen LogP contribution in [0, 0.1) is 0 Å². The van der Waals surface area contributed by atoms with Gasteiger partial charge in [0.05, 0.1) is 13.1 Å². The molecular formula is C16H22ClN5O. The Morgan fingerprint density at radius 3 is 2.65 bits per heavy atom. The molecule has 1 unspecified atom stereocenters. The molecule has 124 valence electrons. The third kappa shape index (κ3) is 3.90. The van der Waals surface area contributed by atoms with E-state index in [9.17, 15) is 0 Å². The molecule has 6 nitrogen and oxygen atoms in total. The van der Waals surface area contributed by atoms with Crippen LogP contribution in [-0.4, -0.2) is 46.1 Å². The second kappa shape index (κ2) is 7.40. The topological polar surface area (TPSA) is 71.4 Å². The summed E-state index contributed by atoms with van der Waals surface area (Å²) in [6, 6.07) is 8.39. The first kappa shape index (κ1) is 16.4. The van der Waals surface area contributed by atoms with Gasteiger partial charge < -0.3 is 10.3 Å². The van der Waals surface area contributed by atoms with Crippen LogP contribution in [0.5, 0.6) is 0 Å². The maximum Gasteiger partial charge on any atom is 0.240 e. The van der Waals surface area contributed by atoms with Crippen LogP contribution in [-0.2, 0) is 13.1 Å². The molecule has 0 radical (unpaired) electrons. The quantitative estimate of drug-likeness (QED) is 0.901. The van der Waals surface area contributed by atoms with Crippen molar-refractivity contribution < 1.29 is 4.52 Å². The van der Waals surface area contributed by atoms with E-state index in [0.717, 1.165) is 31.2 Å². The molecule has 1 aliphatic heterocycles. The average molecular weight is 336 g/mol. The number of nitrogens with zero attached hydrogens (tertiary/aromatic N) is 4. The van der Waals surface area contributed by atoms with Crippen molar-refractivity contribution in [1.29, 1.82) is 0 Å². The van der Waals surface area contributed by atoms with Gasteiger partial charge in [-0.25, -0.2) is 0 Å². The molecular weight excluding hydrogens is 314 g/mol. The van der Waals surface area contributed by atoms with Gasteiger partial charge in [-0.2, -0.15) is 4.98 Å². The molecule has 2 aromatic rings. The Morgan fingerprint density at radius 1 is 1.26 bits per heavy atom. The van der Waals surface area contributed by atoms with Gasteiger partial charge in [0.1, 0.15) is 0 Å². The number of halogens is 1. The molecule has 3 rings (SSSR count). The van der Waals surface area contributed by atoms with Gasteiger partial charge in [-0.05, 0) is 18.6 Å². The molecule has 7 heteroatoms. The third-order valence-corrected chi connectivity index (χ3v) is 4.70. The first-order valence-corrected chi connectivity index (χ1v) is 8.27. The number of hydrogen-bond acceptors (Lipinski definition) is 6. The van der Waals surface area contributed by atoms with Crippen LogP contribution in [0.1, 0.15) is 30.2 Å². The Hall–Kier alpha value is -1.47. The van der Waals surface area contributed by atoms with E-state index in [1.165, 1.54) is 5.56 Å². The number of hydrogen-bond donors (Lipinski definition) is 1. The van der Waals surface area contributed by atoms with E-state index in [2.05, 4.69) is 32.9 Å². The van der Waals surface area contributed by atoms with Gasteiger partial charge in [-0.3, -0.25) is 9.80 Å². The summed E-state index contributed by atoms with van der Waals surface area (Å²) in [6.07, 6.45) is 0. The molecule has 0 bridgehead atoms. The maximum absolute atomic E-state index is 6.32. The van der Waals surface area contributed by atoms with Gasteiger partial charge in [0.2, 0.25) is 5.89 Å². The SMILES string of the molecule is CC(c1ccccc1Cl)N1CCN(Cc2noc(CN)n2)CC1. The highest BCUT2D eigenvalue weighted by molar-refractivity contribution is 6.31. The second-order valence-electron chi connectivity index (χ2n) is 5.82. The highest BCUT2D eigenvalue weighted by Crippen LogP contribution is 2.27. The zero-order valence-electron chi connectivity index (χ0n) is 13.3. The van der Waals surface area contributed by atoms with Crippen molar-refractivity contribution in [1.82, 2.24) is 19.9 Å². The van der Waals surface area contributed by atoms with Crippen molar-refractivity contribution in [3.05, 3.63) is 46.6 Å². The van der Waals surface area contributed by atoms with E-state index in [1.807, 2.05) is 18.2 Å². The van der Waals surface area contributed by atoms with Crippen molar-refractivity contribution in [2.75, 3.05) is 26.2 Å². The summed E-state index contributed by atoms with van der Waals surface area (Å²) in [7, 11) is 0. The molecule has 0 amide bonds. The molecule has 1 aromatic heterocycles. The van der Waals surface area contributed by atoms with Crippen molar-refractivity contribution in [3.63, 3.8) is 0 Å². The Kier molecular flexibility index (Phi) is 5.27. The molecule has 1 atom stereocenters. The lowest BCUT2D eigenvalue weighted by Crippen LogP contribution is -2.46. The molecule has 0 spiro atoms. The molecule has 2 heterocycles. The summed E-state index contributed by atoms with van der Waals surface area (Å²) in [4.78, 5) is 9.05. The first-order valence-electron chi connectivity index (χ1n) is 7.89. The average Bonchev–Trinajstić information content (AvgIpc) is 3.03. The predicted octanol–water partition coefficient (Wildman–Crippen LogP) is 2.06. The summed E-state index contributed by atoms with van der Waals surface area (Å²) in [6.45, 7) is 7.14. The highest BCUT2D eigenvalue weighted by atomic mass is 35.5. The molecule has 0 aliphatic carbocycles. The van der Waals surface area contributed by atoms with E-state index in [0.29, 0.717) is 24.3 Å². The van der Waals surface area contributed by atoms with E-state index in [1.54, 1.807) is 0 Å². The fraction of sp³-hybridized carbons (Fsp3) is 0.500. The lowest BCUT2D eigenvalue weighted by Gasteiger charge is -2.38. The van der Waals surface area contributed by atoms with E-state index < -0.39 is 0 Å². The smallest absolute Gasteiger partial charge is 0.240 e. The molecule has 1 aromatic carbocycles. The molecule has 0 saturated carbocycles. The zero-order valence-corrected chi connectivity index (χ0v) is 14.0. The van der Waals surface area contributed by atoms with Gasteiger partial charge in [-0.15, -0.1) is 0 Å². The van der Waals surface area contributed by atoms with Crippen LogP contribution in [0.3, 0.4) is 0 Å². The van der Waals surface area contributed by atoms with E-state index in [4.69, 9.17) is 21.9 Å². The van der Waals surface area contributed by atoms with Gasteiger partial charge >= 0.3 is 0 Å². The van der Waals surface area contributed by atoms with E-state index in [-0.39, 0.29) is 6.54 Å². The minimum absolute atomic E-state index is 0.288. The van der Waals surface area contributed by atoms with Gasteiger partial charge in [0, 0.05) is 37.2 Å². The Labute approximate surface area is 141 Å². The maximum atomic E-state index is 6.32.